The third-order valence-corrected chi connectivity index (χ3v) is 3.61. The van der Waals surface area contributed by atoms with E-state index in [4.69, 9.17) is 0 Å². The van der Waals surface area contributed by atoms with Crippen LogP contribution in [-0.2, 0) is 7.05 Å². The molecule has 3 aromatic rings. The molecule has 2 heterocycles. The van der Waals surface area contributed by atoms with Gasteiger partial charge in [0.05, 0.1) is 0 Å². The third kappa shape index (κ3) is 2.40. The number of pyridine rings is 1. The summed E-state index contributed by atoms with van der Waals surface area (Å²) in [5.74, 6) is -0.0833. The number of nitrogens with zero attached hydrogens (tertiary/aromatic N) is 3. The van der Waals surface area contributed by atoms with Crippen LogP contribution in [0.5, 0.6) is 0 Å². The van der Waals surface area contributed by atoms with Gasteiger partial charge in [-0.15, -0.1) is 0 Å². The summed E-state index contributed by atoms with van der Waals surface area (Å²) in [7, 11) is 5.48. The van der Waals surface area contributed by atoms with Gasteiger partial charge in [0.15, 0.2) is 0 Å². The first-order chi connectivity index (χ1) is 10.1. The molecule has 0 bridgehead atoms. The molecule has 0 fully saturated rings. The van der Waals surface area contributed by atoms with E-state index < -0.39 is 0 Å². The van der Waals surface area contributed by atoms with Crippen LogP contribution in [0.4, 0.5) is 0 Å². The lowest BCUT2D eigenvalue weighted by Crippen LogP contribution is -2.22. The molecule has 0 atom stereocenters. The van der Waals surface area contributed by atoms with E-state index in [1.807, 2.05) is 19.3 Å². The second kappa shape index (κ2) is 5.05. The number of rotatable bonds is 2. The molecule has 0 aliphatic rings. The second-order valence-electron chi connectivity index (χ2n) is 5.33. The Morgan fingerprint density at radius 3 is 2.52 bits per heavy atom. The molecule has 21 heavy (non-hydrogen) atoms. The molecule has 0 spiro atoms. The molecule has 0 aliphatic heterocycles. The van der Waals surface area contributed by atoms with Gasteiger partial charge in [-0.05, 0) is 29.8 Å². The minimum Gasteiger partial charge on any atom is -0.351 e. The molecule has 1 amide bonds. The van der Waals surface area contributed by atoms with Gasteiger partial charge >= 0.3 is 0 Å². The number of fused-ring (bicyclic) bond motifs is 1. The van der Waals surface area contributed by atoms with Crippen LogP contribution in [0.3, 0.4) is 0 Å². The molecule has 4 heteroatoms. The van der Waals surface area contributed by atoms with Crippen LogP contribution in [0.2, 0.25) is 0 Å². The summed E-state index contributed by atoms with van der Waals surface area (Å²) < 4.78 is 2.09. The van der Waals surface area contributed by atoms with Gasteiger partial charge in [0.25, 0.3) is 5.91 Å². The molecule has 4 nitrogen and oxygen atoms in total. The normalized spacial score (nSPS) is 10.8. The van der Waals surface area contributed by atoms with Crippen LogP contribution >= 0.6 is 0 Å². The average molecular weight is 279 g/mol. The largest absolute Gasteiger partial charge is 0.351 e. The Balaban J connectivity index is 1.97. The van der Waals surface area contributed by atoms with Gasteiger partial charge in [0, 0.05) is 50.0 Å². The quantitative estimate of drug-likeness (QED) is 0.723. The smallest absolute Gasteiger partial charge is 0.271 e. The zero-order valence-corrected chi connectivity index (χ0v) is 12.4. The molecule has 0 saturated heterocycles. The lowest BCUT2D eigenvalue weighted by molar-refractivity contribution is 0.0822. The SMILES string of the molecule is CN(C)C(=O)c1ccc(-c2ccc3c(ccn3C)c2)cn1. The van der Waals surface area contributed by atoms with Crippen molar-refractivity contribution in [1.29, 1.82) is 0 Å². The Hall–Kier alpha value is -2.62. The van der Waals surface area contributed by atoms with Gasteiger partial charge in [-0.1, -0.05) is 12.1 Å². The number of aromatic nitrogens is 2. The van der Waals surface area contributed by atoms with Crippen LogP contribution in [-0.4, -0.2) is 34.5 Å². The van der Waals surface area contributed by atoms with E-state index in [1.54, 1.807) is 26.4 Å². The van der Waals surface area contributed by atoms with Crippen molar-refractivity contribution in [3.63, 3.8) is 0 Å². The summed E-state index contributed by atoms with van der Waals surface area (Å²) in [5, 5.41) is 1.20. The van der Waals surface area contributed by atoms with Crippen molar-refractivity contribution in [2.45, 2.75) is 0 Å². The summed E-state index contributed by atoms with van der Waals surface area (Å²) in [6.07, 6.45) is 3.80. The van der Waals surface area contributed by atoms with E-state index in [1.165, 1.54) is 15.8 Å². The average Bonchev–Trinajstić information content (AvgIpc) is 2.87. The molecule has 0 aliphatic carbocycles. The van der Waals surface area contributed by atoms with Gasteiger partial charge in [0.2, 0.25) is 0 Å². The van der Waals surface area contributed by atoms with Crippen molar-refractivity contribution >= 4 is 16.8 Å². The molecular weight excluding hydrogens is 262 g/mol. The minimum absolute atomic E-state index is 0.0833. The fraction of sp³-hybridized carbons (Fsp3) is 0.176. The van der Waals surface area contributed by atoms with Gasteiger partial charge in [-0.2, -0.15) is 0 Å². The summed E-state index contributed by atoms with van der Waals surface area (Å²) in [4.78, 5) is 17.6. The molecule has 3 rings (SSSR count). The highest BCUT2D eigenvalue weighted by Crippen LogP contribution is 2.24. The molecule has 1 aromatic carbocycles. The van der Waals surface area contributed by atoms with E-state index in [0.29, 0.717) is 5.69 Å². The molecular formula is C17H17N3O. The van der Waals surface area contributed by atoms with Gasteiger partial charge in [-0.25, -0.2) is 0 Å². The maximum atomic E-state index is 11.8. The fourth-order valence-corrected chi connectivity index (χ4v) is 2.38. The predicted octanol–water partition coefficient (Wildman–Crippen LogP) is 2.94. The number of benzene rings is 1. The maximum absolute atomic E-state index is 11.8. The van der Waals surface area contributed by atoms with Crippen LogP contribution < -0.4 is 0 Å². The first-order valence-electron chi connectivity index (χ1n) is 6.79. The number of hydrogen-bond acceptors (Lipinski definition) is 2. The molecule has 106 valence electrons. The monoisotopic (exact) mass is 279 g/mol. The Morgan fingerprint density at radius 1 is 1.10 bits per heavy atom. The van der Waals surface area contributed by atoms with Crippen molar-refractivity contribution < 1.29 is 4.79 Å². The van der Waals surface area contributed by atoms with E-state index in [-0.39, 0.29) is 5.91 Å². The van der Waals surface area contributed by atoms with Crippen molar-refractivity contribution in [2.24, 2.45) is 7.05 Å². The van der Waals surface area contributed by atoms with Crippen molar-refractivity contribution in [2.75, 3.05) is 14.1 Å². The Kier molecular flexibility index (Phi) is 3.22. The number of carbonyl (C=O) groups is 1. The number of carbonyl (C=O) groups excluding carboxylic acids is 1. The lowest BCUT2D eigenvalue weighted by atomic mass is 10.1. The zero-order chi connectivity index (χ0) is 15.0. The summed E-state index contributed by atoms with van der Waals surface area (Å²) in [6.45, 7) is 0. The number of aryl methyl sites for hydroxylation is 1. The Bertz CT molecular complexity index is 801. The predicted molar refractivity (Wildman–Crippen MR) is 84.2 cm³/mol. The van der Waals surface area contributed by atoms with E-state index in [0.717, 1.165) is 11.1 Å². The van der Waals surface area contributed by atoms with Crippen molar-refractivity contribution in [1.82, 2.24) is 14.5 Å². The summed E-state index contributed by atoms with van der Waals surface area (Å²) >= 11 is 0. The highest BCUT2D eigenvalue weighted by molar-refractivity contribution is 5.92. The molecule has 0 saturated carbocycles. The van der Waals surface area contributed by atoms with E-state index in [9.17, 15) is 4.79 Å². The zero-order valence-electron chi connectivity index (χ0n) is 12.4. The van der Waals surface area contributed by atoms with Gasteiger partial charge in [0.1, 0.15) is 5.69 Å². The highest BCUT2D eigenvalue weighted by Gasteiger charge is 2.09. The molecule has 0 unspecified atom stereocenters. The van der Waals surface area contributed by atoms with E-state index in [2.05, 4.69) is 33.8 Å². The topological polar surface area (TPSA) is 38.1 Å². The van der Waals surface area contributed by atoms with Gasteiger partial charge < -0.3 is 9.47 Å². The Morgan fingerprint density at radius 2 is 1.86 bits per heavy atom. The lowest BCUT2D eigenvalue weighted by Gasteiger charge is -2.09. The fourth-order valence-electron chi connectivity index (χ4n) is 2.38. The van der Waals surface area contributed by atoms with Crippen LogP contribution in [0.1, 0.15) is 10.5 Å². The minimum atomic E-state index is -0.0833. The summed E-state index contributed by atoms with van der Waals surface area (Å²) in [6, 6.07) is 12.1. The second-order valence-corrected chi connectivity index (χ2v) is 5.33. The van der Waals surface area contributed by atoms with Crippen molar-refractivity contribution in [3.05, 3.63) is 54.5 Å². The molecule has 0 radical (unpaired) electrons. The number of amides is 1. The Labute approximate surface area is 123 Å². The third-order valence-electron chi connectivity index (χ3n) is 3.61. The van der Waals surface area contributed by atoms with Crippen LogP contribution in [0.25, 0.3) is 22.0 Å². The van der Waals surface area contributed by atoms with E-state index >= 15 is 0 Å². The van der Waals surface area contributed by atoms with Gasteiger partial charge in [-0.3, -0.25) is 9.78 Å². The first-order valence-corrected chi connectivity index (χ1v) is 6.79. The number of hydrogen-bond donors (Lipinski definition) is 0. The summed E-state index contributed by atoms with van der Waals surface area (Å²) in [5.41, 5.74) is 3.77. The maximum Gasteiger partial charge on any atom is 0.271 e. The van der Waals surface area contributed by atoms with Crippen LogP contribution in [0, 0.1) is 0 Å². The highest BCUT2D eigenvalue weighted by atomic mass is 16.2. The molecule has 0 N–H and O–H groups in total. The first kappa shape index (κ1) is 13.4. The van der Waals surface area contributed by atoms with Crippen LogP contribution in [0.15, 0.2) is 48.8 Å². The standard InChI is InChI=1S/C17H17N3O/c1-19(2)17(21)15-6-4-14(11-18-15)12-5-7-16-13(10-12)8-9-20(16)3/h4-11H,1-3H3. The van der Waals surface area contributed by atoms with Crippen molar-refractivity contribution in [3.8, 4) is 11.1 Å². The molecule has 2 aromatic heterocycles.